The lowest BCUT2D eigenvalue weighted by atomic mass is 9.95. The maximum atomic E-state index is 12.4. The Bertz CT molecular complexity index is 612. The minimum atomic E-state index is -3.67. The third kappa shape index (κ3) is 3.19. The number of hydrogen-bond donors (Lipinski definition) is 1. The van der Waals surface area contributed by atoms with Crippen molar-refractivity contribution in [1.29, 1.82) is 5.26 Å². The molecule has 20 heavy (non-hydrogen) atoms. The average Bonchev–Trinajstić information content (AvgIpc) is 2.88. The van der Waals surface area contributed by atoms with Crippen molar-refractivity contribution in [3.8, 4) is 6.07 Å². The van der Waals surface area contributed by atoms with E-state index in [9.17, 15) is 13.5 Å². The zero-order valence-electron chi connectivity index (χ0n) is 11.1. The fraction of sp³-hybridized carbons (Fsp3) is 0.583. The molecule has 1 N–H and O–H groups in total. The summed E-state index contributed by atoms with van der Waals surface area (Å²) in [5.41, 5.74) is -1.05. The predicted molar refractivity (Wildman–Crippen MR) is 73.9 cm³/mol. The molecule has 1 aliphatic rings. The van der Waals surface area contributed by atoms with E-state index >= 15 is 0 Å². The van der Waals surface area contributed by atoms with E-state index in [0.717, 1.165) is 15.6 Å². The summed E-state index contributed by atoms with van der Waals surface area (Å²) in [7, 11) is -2.23. The van der Waals surface area contributed by atoms with Crippen molar-refractivity contribution in [3.05, 3.63) is 17.0 Å². The zero-order valence-corrected chi connectivity index (χ0v) is 12.7. The van der Waals surface area contributed by atoms with Crippen LogP contribution in [0.5, 0.6) is 0 Å². The van der Waals surface area contributed by atoms with E-state index in [0.29, 0.717) is 30.9 Å². The van der Waals surface area contributed by atoms with Crippen molar-refractivity contribution < 1.29 is 18.3 Å². The fourth-order valence-electron chi connectivity index (χ4n) is 2.08. The van der Waals surface area contributed by atoms with Crippen LogP contribution in [-0.2, 0) is 14.8 Å². The van der Waals surface area contributed by atoms with Crippen molar-refractivity contribution in [2.24, 2.45) is 0 Å². The summed E-state index contributed by atoms with van der Waals surface area (Å²) in [6.45, 7) is 0.891. The number of nitriles is 1. The van der Waals surface area contributed by atoms with Crippen molar-refractivity contribution in [2.45, 2.75) is 22.7 Å². The minimum absolute atomic E-state index is 0.0263. The first-order chi connectivity index (χ1) is 9.37. The summed E-state index contributed by atoms with van der Waals surface area (Å²) in [5.74, 6) is 0. The van der Waals surface area contributed by atoms with Gasteiger partial charge in [0.05, 0.1) is 5.60 Å². The Hall–Kier alpha value is -0.980. The van der Waals surface area contributed by atoms with Gasteiger partial charge in [0.25, 0.3) is 10.0 Å². The summed E-state index contributed by atoms with van der Waals surface area (Å²) in [5, 5.41) is 19.1. The highest BCUT2D eigenvalue weighted by Gasteiger charge is 2.35. The molecule has 8 heteroatoms. The molecule has 2 rings (SSSR count). The van der Waals surface area contributed by atoms with Crippen LogP contribution in [0.4, 0.5) is 0 Å². The number of nitrogens with zero attached hydrogens (tertiary/aromatic N) is 2. The zero-order chi connectivity index (χ0) is 14.8. The number of hydrogen-bond acceptors (Lipinski definition) is 6. The van der Waals surface area contributed by atoms with Gasteiger partial charge in [-0.25, -0.2) is 8.42 Å². The number of aliphatic hydroxyl groups is 1. The molecule has 6 nitrogen and oxygen atoms in total. The van der Waals surface area contributed by atoms with Crippen molar-refractivity contribution in [1.82, 2.24) is 4.31 Å². The Morgan fingerprint density at radius 3 is 2.70 bits per heavy atom. The van der Waals surface area contributed by atoms with Gasteiger partial charge in [0, 0.05) is 39.6 Å². The smallest absolute Gasteiger partial charge is 0.252 e. The first-order valence-corrected chi connectivity index (χ1v) is 8.39. The van der Waals surface area contributed by atoms with Gasteiger partial charge >= 0.3 is 0 Å². The second kappa shape index (κ2) is 5.79. The molecule has 110 valence electrons. The molecule has 0 saturated carbocycles. The summed E-state index contributed by atoms with van der Waals surface area (Å²) in [6.07, 6.45) is 0.835. The summed E-state index contributed by atoms with van der Waals surface area (Å²) < 4.78 is 31.2. The van der Waals surface area contributed by atoms with Crippen LogP contribution in [0.2, 0.25) is 0 Å². The summed E-state index contributed by atoms with van der Waals surface area (Å²) >= 11 is 0.932. The molecule has 0 amide bonds. The molecule has 0 aliphatic carbocycles. The molecule has 0 spiro atoms. The molecular formula is C12H16N2O4S2. The maximum absolute atomic E-state index is 12.4. The molecule has 0 radical (unpaired) electrons. The van der Waals surface area contributed by atoms with Crippen LogP contribution in [0.3, 0.4) is 0 Å². The van der Waals surface area contributed by atoms with E-state index in [2.05, 4.69) is 0 Å². The Kier molecular flexibility index (Phi) is 4.46. The molecule has 1 aromatic rings. The Labute approximate surface area is 122 Å². The van der Waals surface area contributed by atoms with E-state index in [1.54, 1.807) is 0 Å². The van der Waals surface area contributed by atoms with E-state index in [1.807, 2.05) is 6.07 Å². The first-order valence-electron chi connectivity index (χ1n) is 6.14. The molecule has 0 unspecified atom stereocenters. The normalized spacial score (nSPS) is 18.9. The van der Waals surface area contributed by atoms with Gasteiger partial charge in [-0.2, -0.15) is 9.57 Å². The molecule has 1 fully saturated rings. The van der Waals surface area contributed by atoms with Crippen LogP contribution in [0.15, 0.2) is 16.3 Å². The van der Waals surface area contributed by atoms with Crippen LogP contribution in [0.1, 0.15) is 17.7 Å². The largest absolute Gasteiger partial charge is 0.388 e. The third-order valence-corrected chi connectivity index (χ3v) is 6.56. The second-order valence-electron chi connectivity index (χ2n) is 4.83. The van der Waals surface area contributed by atoms with E-state index in [-0.39, 0.29) is 10.8 Å². The van der Waals surface area contributed by atoms with Crippen molar-refractivity contribution in [3.63, 3.8) is 0 Å². The van der Waals surface area contributed by atoms with Crippen LogP contribution in [0.25, 0.3) is 0 Å². The SMILES string of the molecule is CN(CC1(O)CCOCC1)S(=O)(=O)c1ccc(C#N)s1. The van der Waals surface area contributed by atoms with Gasteiger partial charge in [0.2, 0.25) is 0 Å². The monoisotopic (exact) mass is 316 g/mol. The number of likely N-dealkylation sites (N-methyl/N-ethyl adjacent to an activating group) is 1. The fourth-order valence-corrected chi connectivity index (χ4v) is 4.65. The molecule has 0 bridgehead atoms. The van der Waals surface area contributed by atoms with Gasteiger partial charge < -0.3 is 9.84 Å². The lowest BCUT2D eigenvalue weighted by molar-refractivity contribution is -0.0689. The van der Waals surface area contributed by atoms with Gasteiger partial charge in [-0.1, -0.05) is 0 Å². The Morgan fingerprint density at radius 1 is 1.50 bits per heavy atom. The van der Waals surface area contributed by atoms with E-state index < -0.39 is 15.6 Å². The topological polar surface area (TPSA) is 90.6 Å². The number of sulfonamides is 1. The standard InChI is InChI=1S/C12H16N2O4S2/c1-14(9-12(15)4-6-18-7-5-12)20(16,17)11-3-2-10(8-13)19-11/h2-3,15H,4-7,9H2,1H3. The molecule has 1 aliphatic heterocycles. The maximum Gasteiger partial charge on any atom is 0.252 e. The molecular weight excluding hydrogens is 300 g/mol. The summed E-state index contributed by atoms with van der Waals surface area (Å²) in [6, 6.07) is 4.82. The highest BCUT2D eigenvalue weighted by Crippen LogP contribution is 2.27. The predicted octanol–water partition coefficient (Wildman–Crippen LogP) is 0.782. The van der Waals surface area contributed by atoms with Crippen LogP contribution >= 0.6 is 11.3 Å². The third-order valence-electron chi connectivity index (χ3n) is 3.30. The quantitative estimate of drug-likeness (QED) is 0.886. The lowest BCUT2D eigenvalue weighted by Gasteiger charge is -2.34. The van der Waals surface area contributed by atoms with Crippen molar-refractivity contribution in [2.75, 3.05) is 26.8 Å². The summed E-state index contributed by atoms with van der Waals surface area (Å²) in [4.78, 5) is 0.349. The number of ether oxygens (including phenoxy) is 1. The highest BCUT2D eigenvalue weighted by atomic mass is 32.2. The van der Waals surface area contributed by atoms with Crippen molar-refractivity contribution >= 4 is 21.4 Å². The molecule has 1 aromatic heterocycles. The number of rotatable bonds is 4. The van der Waals surface area contributed by atoms with Crippen LogP contribution in [-0.4, -0.2) is 50.2 Å². The first kappa shape index (κ1) is 15.4. The lowest BCUT2D eigenvalue weighted by Crippen LogP contribution is -2.47. The molecule has 1 saturated heterocycles. The van der Waals surface area contributed by atoms with Gasteiger partial charge in [-0.05, 0) is 12.1 Å². The van der Waals surface area contributed by atoms with E-state index in [1.165, 1.54) is 19.2 Å². The molecule has 0 aromatic carbocycles. The van der Waals surface area contributed by atoms with E-state index in [4.69, 9.17) is 10.00 Å². The average molecular weight is 316 g/mol. The van der Waals surface area contributed by atoms with Gasteiger partial charge in [-0.15, -0.1) is 11.3 Å². The molecule has 2 heterocycles. The van der Waals surface area contributed by atoms with Crippen LogP contribution in [0, 0.1) is 11.3 Å². The van der Waals surface area contributed by atoms with Crippen LogP contribution < -0.4 is 0 Å². The molecule has 0 atom stereocenters. The second-order valence-corrected chi connectivity index (χ2v) is 8.18. The highest BCUT2D eigenvalue weighted by molar-refractivity contribution is 7.91. The van der Waals surface area contributed by atoms with Gasteiger partial charge in [0.15, 0.2) is 0 Å². The number of thiophene rings is 1. The Morgan fingerprint density at radius 2 is 2.15 bits per heavy atom. The Balaban J connectivity index is 2.15. The van der Waals surface area contributed by atoms with Gasteiger partial charge in [-0.3, -0.25) is 0 Å². The van der Waals surface area contributed by atoms with Gasteiger partial charge in [0.1, 0.15) is 15.2 Å². The minimum Gasteiger partial charge on any atom is -0.388 e.